The van der Waals surface area contributed by atoms with Crippen LogP contribution in [0.25, 0.3) is 0 Å². The Bertz CT molecular complexity index is 756. The predicted octanol–water partition coefficient (Wildman–Crippen LogP) is 4.91. The molecule has 2 aromatic carbocycles. The number of hydrogen-bond donors (Lipinski definition) is 1. The van der Waals surface area contributed by atoms with Crippen molar-refractivity contribution in [1.82, 2.24) is 4.90 Å². The molecular weight excluding hydrogens is 334 g/mol. The van der Waals surface area contributed by atoms with Gasteiger partial charge in [0.25, 0.3) is 0 Å². The van der Waals surface area contributed by atoms with E-state index in [1.165, 1.54) is 24.0 Å². The van der Waals surface area contributed by atoms with Gasteiger partial charge in [0, 0.05) is 12.6 Å². The monoisotopic (exact) mass is 365 g/mol. The van der Waals surface area contributed by atoms with Crippen LogP contribution in [0.1, 0.15) is 61.3 Å². The number of fused-ring (bicyclic) bond motifs is 1. The van der Waals surface area contributed by atoms with Crippen LogP contribution in [0.15, 0.2) is 48.5 Å². The first-order chi connectivity index (χ1) is 13.2. The van der Waals surface area contributed by atoms with Crippen LogP contribution in [0, 0.1) is 5.92 Å². The van der Waals surface area contributed by atoms with E-state index in [1.54, 1.807) is 0 Å². The lowest BCUT2D eigenvalue weighted by Gasteiger charge is -2.40. The summed E-state index contributed by atoms with van der Waals surface area (Å²) in [5, 5.41) is 11.1. The Morgan fingerprint density at radius 2 is 1.85 bits per heavy atom. The van der Waals surface area contributed by atoms with E-state index < -0.39 is 6.10 Å². The van der Waals surface area contributed by atoms with E-state index in [0.29, 0.717) is 12.5 Å². The van der Waals surface area contributed by atoms with Gasteiger partial charge in [0.05, 0.1) is 6.10 Å². The summed E-state index contributed by atoms with van der Waals surface area (Å²) in [6.45, 7) is 3.94. The standard InChI is InChI=1S/C24H31NO2/c1-3-19-13-23(25(2)15-17-9-10-17)24(26)21-12-11-20(14-22(19)21)27-16-18-7-5-4-6-8-18/h4-8,11-12,14,17,19,23-24,26H,3,9-10,13,15-16H2,1-2H3. The molecule has 1 saturated carbocycles. The maximum atomic E-state index is 11.1. The highest BCUT2D eigenvalue weighted by molar-refractivity contribution is 5.42. The number of hydrogen-bond acceptors (Lipinski definition) is 3. The fourth-order valence-electron chi connectivity index (χ4n) is 4.41. The molecule has 0 heterocycles. The van der Waals surface area contributed by atoms with E-state index in [2.05, 4.69) is 43.1 Å². The minimum Gasteiger partial charge on any atom is -0.489 e. The van der Waals surface area contributed by atoms with Gasteiger partial charge in [-0.1, -0.05) is 43.3 Å². The lowest BCUT2D eigenvalue weighted by molar-refractivity contribution is 0.0409. The van der Waals surface area contributed by atoms with Crippen molar-refractivity contribution in [3.8, 4) is 5.75 Å². The van der Waals surface area contributed by atoms with Crippen molar-refractivity contribution in [2.75, 3.05) is 13.6 Å². The van der Waals surface area contributed by atoms with Gasteiger partial charge in [-0.2, -0.15) is 0 Å². The molecule has 0 bridgehead atoms. The maximum absolute atomic E-state index is 11.1. The van der Waals surface area contributed by atoms with E-state index in [-0.39, 0.29) is 6.04 Å². The zero-order valence-corrected chi connectivity index (χ0v) is 16.5. The van der Waals surface area contributed by atoms with Crippen molar-refractivity contribution in [2.24, 2.45) is 5.92 Å². The average Bonchev–Trinajstić information content (AvgIpc) is 3.51. The largest absolute Gasteiger partial charge is 0.489 e. The van der Waals surface area contributed by atoms with Crippen molar-refractivity contribution in [3.63, 3.8) is 0 Å². The predicted molar refractivity (Wildman–Crippen MR) is 109 cm³/mol. The number of ether oxygens (including phenoxy) is 1. The lowest BCUT2D eigenvalue weighted by Crippen LogP contribution is -2.42. The first-order valence-electron chi connectivity index (χ1n) is 10.3. The van der Waals surface area contributed by atoms with Gasteiger partial charge in [0.15, 0.2) is 0 Å². The summed E-state index contributed by atoms with van der Waals surface area (Å²) in [7, 11) is 2.18. The fraction of sp³-hybridized carbons (Fsp3) is 0.500. The molecule has 2 aliphatic rings. The summed E-state index contributed by atoms with van der Waals surface area (Å²) in [4.78, 5) is 2.40. The third-order valence-electron chi connectivity index (χ3n) is 6.26. The molecule has 0 spiro atoms. The maximum Gasteiger partial charge on any atom is 0.120 e. The van der Waals surface area contributed by atoms with Crippen molar-refractivity contribution in [3.05, 3.63) is 65.2 Å². The number of aliphatic hydroxyl groups is 1. The molecule has 0 amide bonds. The Balaban J connectivity index is 1.51. The Morgan fingerprint density at radius 3 is 2.56 bits per heavy atom. The molecular formula is C24H31NO2. The second kappa shape index (κ2) is 8.04. The van der Waals surface area contributed by atoms with Gasteiger partial charge in [-0.15, -0.1) is 0 Å². The highest BCUT2D eigenvalue weighted by atomic mass is 16.5. The minimum atomic E-state index is -0.408. The van der Waals surface area contributed by atoms with Gasteiger partial charge in [-0.3, -0.25) is 0 Å². The molecule has 0 aromatic heterocycles. The number of nitrogens with zero attached hydrogens (tertiary/aromatic N) is 1. The highest BCUT2D eigenvalue weighted by Gasteiger charge is 2.37. The lowest BCUT2D eigenvalue weighted by atomic mass is 9.76. The van der Waals surface area contributed by atoms with Crippen LogP contribution in [-0.4, -0.2) is 29.6 Å². The van der Waals surface area contributed by atoms with Gasteiger partial charge < -0.3 is 14.7 Å². The molecule has 2 aromatic rings. The van der Waals surface area contributed by atoms with Gasteiger partial charge >= 0.3 is 0 Å². The van der Waals surface area contributed by atoms with Crippen LogP contribution < -0.4 is 4.74 Å². The number of benzene rings is 2. The molecule has 0 aliphatic heterocycles. The van der Waals surface area contributed by atoms with Crippen LogP contribution >= 0.6 is 0 Å². The number of likely N-dealkylation sites (N-methyl/N-ethyl adjacent to an activating group) is 1. The molecule has 27 heavy (non-hydrogen) atoms. The number of rotatable bonds is 7. The van der Waals surface area contributed by atoms with Gasteiger partial charge in [-0.05, 0) is 73.4 Å². The second-order valence-electron chi connectivity index (χ2n) is 8.30. The summed E-state index contributed by atoms with van der Waals surface area (Å²) in [6, 6.07) is 16.7. The SMILES string of the molecule is CCC1CC(N(C)CC2CC2)C(O)c2ccc(OCc3ccccc3)cc21. The summed E-state index contributed by atoms with van der Waals surface area (Å²) < 4.78 is 6.03. The van der Waals surface area contributed by atoms with E-state index in [0.717, 1.165) is 36.6 Å². The third-order valence-corrected chi connectivity index (χ3v) is 6.26. The molecule has 3 heteroatoms. The third kappa shape index (κ3) is 4.20. The van der Waals surface area contributed by atoms with Gasteiger partial charge in [0.1, 0.15) is 12.4 Å². The summed E-state index contributed by atoms with van der Waals surface area (Å²) >= 11 is 0. The van der Waals surface area contributed by atoms with Crippen LogP contribution in [-0.2, 0) is 6.61 Å². The Kier molecular flexibility index (Phi) is 5.51. The fourth-order valence-corrected chi connectivity index (χ4v) is 4.41. The first kappa shape index (κ1) is 18.5. The topological polar surface area (TPSA) is 32.7 Å². The summed E-state index contributed by atoms with van der Waals surface area (Å²) in [5.41, 5.74) is 3.53. The molecule has 3 nitrogen and oxygen atoms in total. The zero-order chi connectivity index (χ0) is 18.8. The molecule has 3 atom stereocenters. The molecule has 144 valence electrons. The zero-order valence-electron chi connectivity index (χ0n) is 16.5. The second-order valence-corrected chi connectivity index (χ2v) is 8.30. The molecule has 1 N–H and O–H groups in total. The molecule has 3 unspecified atom stereocenters. The average molecular weight is 366 g/mol. The van der Waals surface area contributed by atoms with Crippen molar-refractivity contribution < 1.29 is 9.84 Å². The van der Waals surface area contributed by atoms with Gasteiger partial charge in [0.2, 0.25) is 0 Å². The van der Waals surface area contributed by atoms with Crippen molar-refractivity contribution in [2.45, 2.75) is 57.3 Å². The highest BCUT2D eigenvalue weighted by Crippen LogP contribution is 2.43. The van der Waals surface area contributed by atoms with Crippen LogP contribution in [0.4, 0.5) is 0 Å². The first-order valence-corrected chi connectivity index (χ1v) is 10.3. The quantitative estimate of drug-likeness (QED) is 0.757. The molecule has 4 rings (SSSR count). The summed E-state index contributed by atoms with van der Waals surface area (Å²) in [5.74, 6) is 2.22. The van der Waals surface area contributed by atoms with Crippen LogP contribution in [0.2, 0.25) is 0 Å². The molecule has 0 radical (unpaired) electrons. The van der Waals surface area contributed by atoms with E-state index >= 15 is 0 Å². The Labute approximate surface area is 163 Å². The molecule has 2 aliphatic carbocycles. The van der Waals surface area contributed by atoms with E-state index in [9.17, 15) is 5.11 Å². The van der Waals surface area contributed by atoms with Crippen LogP contribution in [0.5, 0.6) is 5.75 Å². The smallest absolute Gasteiger partial charge is 0.120 e. The van der Waals surface area contributed by atoms with Crippen LogP contribution in [0.3, 0.4) is 0 Å². The van der Waals surface area contributed by atoms with Gasteiger partial charge in [-0.25, -0.2) is 0 Å². The Morgan fingerprint density at radius 1 is 1.07 bits per heavy atom. The van der Waals surface area contributed by atoms with E-state index in [1.807, 2.05) is 24.3 Å². The number of aliphatic hydroxyl groups excluding tert-OH is 1. The summed E-state index contributed by atoms with van der Waals surface area (Å²) in [6.07, 6.45) is 4.41. The Hall–Kier alpha value is -1.84. The molecule has 0 saturated heterocycles. The van der Waals surface area contributed by atoms with Crippen molar-refractivity contribution >= 4 is 0 Å². The van der Waals surface area contributed by atoms with Crippen molar-refractivity contribution in [1.29, 1.82) is 0 Å². The minimum absolute atomic E-state index is 0.221. The molecule has 1 fully saturated rings. The normalized spacial score (nSPS) is 24.7. The van der Waals surface area contributed by atoms with E-state index in [4.69, 9.17) is 4.74 Å².